The van der Waals surface area contributed by atoms with E-state index in [1.54, 1.807) is 24.0 Å². The molecule has 0 fully saturated rings. The summed E-state index contributed by atoms with van der Waals surface area (Å²) < 4.78 is 13.7. The minimum Gasteiger partial charge on any atom is -0.389 e. The van der Waals surface area contributed by atoms with Gasteiger partial charge in [-0.1, -0.05) is 12.0 Å². The maximum atomic E-state index is 13.7. The van der Waals surface area contributed by atoms with Crippen molar-refractivity contribution in [2.45, 2.75) is 20.0 Å². The molecule has 0 aliphatic heterocycles. The highest BCUT2D eigenvalue weighted by Gasteiger charge is 2.11. The molecular formula is C13H16FNO. The lowest BCUT2D eigenvalue weighted by Crippen LogP contribution is -2.23. The summed E-state index contributed by atoms with van der Waals surface area (Å²) in [5.74, 6) is 2.14. The Morgan fingerprint density at radius 2 is 2.25 bits per heavy atom. The lowest BCUT2D eigenvalue weighted by atomic mass is 10.1. The number of aliphatic hydroxyl groups excluding tert-OH is 1. The van der Waals surface area contributed by atoms with E-state index in [2.05, 4.69) is 5.92 Å². The number of benzene rings is 1. The van der Waals surface area contributed by atoms with Crippen LogP contribution in [0.5, 0.6) is 0 Å². The quantitative estimate of drug-likeness (QED) is 0.789. The molecule has 0 spiro atoms. The highest BCUT2D eigenvalue weighted by molar-refractivity contribution is 5.50. The van der Waals surface area contributed by atoms with Crippen LogP contribution >= 0.6 is 0 Å². The van der Waals surface area contributed by atoms with Crippen molar-refractivity contribution in [1.29, 1.82) is 0 Å². The Morgan fingerprint density at radius 3 is 2.69 bits per heavy atom. The summed E-state index contributed by atoms with van der Waals surface area (Å²) in [7, 11) is 0. The highest BCUT2D eigenvalue weighted by Crippen LogP contribution is 2.23. The van der Waals surface area contributed by atoms with E-state index in [1.807, 2.05) is 6.92 Å². The Hall–Kier alpha value is -1.53. The average molecular weight is 221 g/mol. The molecule has 1 aromatic carbocycles. The average Bonchev–Trinajstić information content (AvgIpc) is 2.26. The Morgan fingerprint density at radius 1 is 1.56 bits per heavy atom. The SMILES string of the molecule is C#CCN(CC)c1ccc(C(C)O)cc1F. The summed E-state index contributed by atoms with van der Waals surface area (Å²) >= 11 is 0. The third-order valence-electron chi connectivity index (χ3n) is 2.46. The highest BCUT2D eigenvalue weighted by atomic mass is 19.1. The Labute approximate surface area is 95.7 Å². The zero-order valence-electron chi connectivity index (χ0n) is 9.57. The summed E-state index contributed by atoms with van der Waals surface area (Å²) in [6, 6.07) is 4.71. The van der Waals surface area contributed by atoms with Crippen molar-refractivity contribution < 1.29 is 9.50 Å². The van der Waals surface area contributed by atoms with E-state index in [0.29, 0.717) is 24.3 Å². The Kier molecular flexibility index (Phi) is 4.33. The van der Waals surface area contributed by atoms with Gasteiger partial charge in [0.1, 0.15) is 5.82 Å². The topological polar surface area (TPSA) is 23.5 Å². The number of aliphatic hydroxyl groups is 1. The maximum Gasteiger partial charge on any atom is 0.146 e. The minimum absolute atomic E-state index is 0.351. The number of halogens is 1. The molecule has 86 valence electrons. The predicted molar refractivity (Wildman–Crippen MR) is 63.8 cm³/mol. The molecule has 0 heterocycles. The van der Waals surface area contributed by atoms with Crippen LogP contribution in [0, 0.1) is 18.2 Å². The molecule has 1 unspecified atom stereocenters. The van der Waals surface area contributed by atoms with E-state index in [-0.39, 0.29) is 5.82 Å². The van der Waals surface area contributed by atoms with Crippen LogP contribution < -0.4 is 4.90 Å². The molecule has 0 aliphatic carbocycles. The molecule has 0 saturated heterocycles. The van der Waals surface area contributed by atoms with Gasteiger partial charge in [-0.2, -0.15) is 0 Å². The second kappa shape index (κ2) is 5.53. The van der Waals surface area contributed by atoms with Crippen molar-refractivity contribution in [3.8, 4) is 12.3 Å². The number of terminal acetylenes is 1. The molecule has 0 saturated carbocycles. The molecule has 1 atom stereocenters. The van der Waals surface area contributed by atoms with Gasteiger partial charge in [0.15, 0.2) is 0 Å². The van der Waals surface area contributed by atoms with Gasteiger partial charge in [0, 0.05) is 6.54 Å². The summed E-state index contributed by atoms with van der Waals surface area (Å²) in [6.45, 7) is 4.55. The molecule has 0 amide bonds. The maximum absolute atomic E-state index is 13.7. The molecule has 1 aromatic rings. The van der Waals surface area contributed by atoms with Crippen LogP contribution in [0.25, 0.3) is 0 Å². The summed E-state index contributed by atoms with van der Waals surface area (Å²) in [6.07, 6.45) is 4.56. The molecule has 1 rings (SSSR count). The monoisotopic (exact) mass is 221 g/mol. The molecule has 1 N–H and O–H groups in total. The first-order valence-corrected chi connectivity index (χ1v) is 5.26. The van der Waals surface area contributed by atoms with Gasteiger partial charge in [0.25, 0.3) is 0 Å². The fourth-order valence-electron chi connectivity index (χ4n) is 1.52. The van der Waals surface area contributed by atoms with E-state index in [9.17, 15) is 9.50 Å². The number of hydrogen-bond acceptors (Lipinski definition) is 2. The molecular weight excluding hydrogens is 205 g/mol. The van der Waals surface area contributed by atoms with Gasteiger partial charge in [-0.05, 0) is 31.5 Å². The zero-order valence-corrected chi connectivity index (χ0v) is 9.57. The minimum atomic E-state index is -0.661. The van der Waals surface area contributed by atoms with Crippen molar-refractivity contribution in [2.24, 2.45) is 0 Å². The summed E-state index contributed by atoms with van der Waals surface area (Å²) in [4.78, 5) is 1.77. The van der Waals surface area contributed by atoms with Crippen LogP contribution in [-0.2, 0) is 0 Å². The lowest BCUT2D eigenvalue weighted by molar-refractivity contribution is 0.199. The van der Waals surface area contributed by atoms with Crippen LogP contribution in [0.1, 0.15) is 25.5 Å². The van der Waals surface area contributed by atoms with Crippen molar-refractivity contribution >= 4 is 5.69 Å². The van der Waals surface area contributed by atoms with Gasteiger partial charge in [-0.25, -0.2) is 4.39 Å². The third kappa shape index (κ3) is 2.74. The van der Waals surface area contributed by atoms with Crippen molar-refractivity contribution in [3.05, 3.63) is 29.6 Å². The normalized spacial score (nSPS) is 11.9. The predicted octanol–water partition coefficient (Wildman–Crippen LogP) is 2.34. The second-order valence-electron chi connectivity index (χ2n) is 3.61. The Bertz CT molecular complexity index is 395. The first kappa shape index (κ1) is 12.5. The molecule has 0 aromatic heterocycles. The second-order valence-corrected chi connectivity index (χ2v) is 3.61. The molecule has 3 heteroatoms. The molecule has 16 heavy (non-hydrogen) atoms. The van der Waals surface area contributed by atoms with E-state index in [0.717, 1.165) is 0 Å². The van der Waals surface area contributed by atoms with E-state index >= 15 is 0 Å². The molecule has 0 radical (unpaired) electrons. The zero-order chi connectivity index (χ0) is 12.1. The summed E-state index contributed by atoms with van der Waals surface area (Å²) in [5.41, 5.74) is 1.04. The van der Waals surface area contributed by atoms with Crippen molar-refractivity contribution in [3.63, 3.8) is 0 Å². The van der Waals surface area contributed by atoms with Crippen LogP contribution in [-0.4, -0.2) is 18.2 Å². The third-order valence-corrected chi connectivity index (χ3v) is 2.46. The number of rotatable bonds is 4. The molecule has 2 nitrogen and oxygen atoms in total. The number of hydrogen-bond donors (Lipinski definition) is 1. The number of nitrogens with zero attached hydrogens (tertiary/aromatic N) is 1. The molecule has 0 aliphatic rings. The van der Waals surface area contributed by atoms with Crippen molar-refractivity contribution in [1.82, 2.24) is 0 Å². The van der Waals surface area contributed by atoms with Gasteiger partial charge >= 0.3 is 0 Å². The lowest BCUT2D eigenvalue weighted by Gasteiger charge is -2.21. The van der Waals surface area contributed by atoms with Crippen LogP contribution in [0.3, 0.4) is 0 Å². The van der Waals surface area contributed by atoms with Gasteiger partial charge < -0.3 is 10.0 Å². The van der Waals surface area contributed by atoms with E-state index in [4.69, 9.17) is 6.42 Å². The van der Waals surface area contributed by atoms with E-state index < -0.39 is 6.10 Å². The first-order chi connectivity index (χ1) is 7.60. The standard InChI is InChI=1S/C13H16FNO/c1-4-8-15(5-2)13-7-6-11(10(3)16)9-12(13)14/h1,6-7,9-10,16H,5,8H2,2-3H3. The van der Waals surface area contributed by atoms with Crippen molar-refractivity contribution in [2.75, 3.05) is 18.0 Å². The van der Waals surface area contributed by atoms with Gasteiger partial charge in [0.05, 0.1) is 18.3 Å². The van der Waals surface area contributed by atoms with Gasteiger partial charge in [-0.3, -0.25) is 0 Å². The van der Waals surface area contributed by atoms with Crippen LogP contribution in [0.15, 0.2) is 18.2 Å². The fraction of sp³-hybridized carbons (Fsp3) is 0.385. The smallest absolute Gasteiger partial charge is 0.146 e. The van der Waals surface area contributed by atoms with Crippen LogP contribution in [0.4, 0.5) is 10.1 Å². The van der Waals surface area contributed by atoms with Crippen LogP contribution in [0.2, 0.25) is 0 Å². The van der Waals surface area contributed by atoms with Gasteiger partial charge in [0.2, 0.25) is 0 Å². The largest absolute Gasteiger partial charge is 0.389 e. The molecule has 0 bridgehead atoms. The van der Waals surface area contributed by atoms with E-state index in [1.165, 1.54) is 6.07 Å². The summed E-state index contributed by atoms with van der Waals surface area (Å²) in [5, 5.41) is 9.33. The fourth-order valence-corrected chi connectivity index (χ4v) is 1.52. The Balaban J connectivity index is 3.02. The number of anilines is 1. The first-order valence-electron chi connectivity index (χ1n) is 5.26. The van der Waals surface area contributed by atoms with Gasteiger partial charge in [-0.15, -0.1) is 6.42 Å².